The molecule has 1 N–H and O–H groups in total. The number of hydrogen-bond donors (Lipinski definition) is 1. The molecule has 1 aromatic carbocycles. The lowest BCUT2D eigenvalue weighted by Crippen LogP contribution is -2.13. The molecule has 0 saturated heterocycles. The fourth-order valence-corrected chi connectivity index (χ4v) is 1.46. The summed E-state index contributed by atoms with van der Waals surface area (Å²) in [5, 5.41) is 14.0. The first kappa shape index (κ1) is 14.0. The lowest BCUT2D eigenvalue weighted by atomic mass is 10.2. The number of rotatable bonds is 7. The Morgan fingerprint density at radius 2 is 2.33 bits per heavy atom. The maximum absolute atomic E-state index is 10.8. The Kier molecular flexibility index (Phi) is 5.68. The van der Waals surface area contributed by atoms with Gasteiger partial charge in [-0.3, -0.25) is 10.1 Å². The summed E-state index contributed by atoms with van der Waals surface area (Å²) in [4.78, 5) is 10.3. The molecule has 0 saturated carbocycles. The highest BCUT2D eigenvalue weighted by molar-refractivity contribution is 5.48. The average molecular weight is 248 g/mol. The molecule has 0 aromatic heterocycles. The summed E-state index contributed by atoms with van der Waals surface area (Å²) in [5.74, 6) is 2.51. The molecule has 0 aliphatic rings. The fraction of sp³-hybridized carbons (Fsp3) is 0.385. The molecule has 0 heterocycles. The van der Waals surface area contributed by atoms with Crippen LogP contribution in [0.3, 0.4) is 0 Å². The van der Waals surface area contributed by atoms with Crippen LogP contribution in [0.2, 0.25) is 0 Å². The van der Waals surface area contributed by atoms with Gasteiger partial charge >= 0.3 is 5.69 Å². The van der Waals surface area contributed by atoms with Crippen molar-refractivity contribution in [3.8, 4) is 18.1 Å². The van der Waals surface area contributed by atoms with Crippen molar-refractivity contribution >= 4 is 5.69 Å². The molecule has 0 atom stereocenters. The van der Waals surface area contributed by atoms with Crippen LogP contribution in [0.25, 0.3) is 0 Å². The Morgan fingerprint density at radius 1 is 1.56 bits per heavy atom. The molecular formula is C13H16N2O3. The van der Waals surface area contributed by atoms with Crippen LogP contribution in [-0.4, -0.2) is 18.1 Å². The molecule has 0 aliphatic heterocycles. The van der Waals surface area contributed by atoms with Crippen LogP contribution in [0.15, 0.2) is 18.2 Å². The topological polar surface area (TPSA) is 64.4 Å². The molecule has 0 unspecified atom stereocenters. The second-order valence-corrected chi connectivity index (χ2v) is 3.73. The zero-order valence-electron chi connectivity index (χ0n) is 10.3. The molecule has 96 valence electrons. The van der Waals surface area contributed by atoms with Gasteiger partial charge in [0.2, 0.25) is 0 Å². The third kappa shape index (κ3) is 4.07. The smallest absolute Gasteiger partial charge is 0.310 e. The Hall–Kier alpha value is -2.06. The van der Waals surface area contributed by atoms with Crippen molar-refractivity contribution < 1.29 is 9.66 Å². The van der Waals surface area contributed by atoms with Gasteiger partial charge in [-0.2, -0.15) is 0 Å². The number of ether oxygens (including phenoxy) is 1. The van der Waals surface area contributed by atoms with Crippen molar-refractivity contribution in [1.29, 1.82) is 0 Å². The molecule has 0 radical (unpaired) electrons. The molecule has 0 fully saturated rings. The van der Waals surface area contributed by atoms with E-state index in [-0.39, 0.29) is 18.0 Å². The number of benzene rings is 1. The molecule has 18 heavy (non-hydrogen) atoms. The van der Waals surface area contributed by atoms with Crippen LogP contribution in [0, 0.1) is 22.5 Å². The van der Waals surface area contributed by atoms with Crippen molar-refractivity contribution in [3.63, 3.8) is 0 Å². The van der Waals surface area contributed by atoms with Crippen LogP contribution in [0.1, 0.15) is 18.9 Å². The van der Waals surface area contributed by atoms with E-state index in [1.165, 1.54) is 6.07 Å². The average Bonchev–Trinajstić information content (AvgIpc) is 2.36. The van der Waals surface area contributed by atoms with E-state index in [0.29, 0.717) is 6.54 Å². The van der Waals surface area contributed by atoms with Crippen LogP contribution in [-0.2, 0) is 6.54 Å². The third-order valence-electron chi connectivity index (χ3n) is 2.29. The normalized spacial score (nSPS) is 9.78. The van der Waals surface area contributed by atoms with E-state index in [9.17, 15) is 10.1 Å². The number of terminal acetylenes is 1. The van der Waals surface area contributed by atoms with Gasteiger partial charge in [0.05, 0.1) is 4.92 Å². The van der Waals surface area contributed by atoms with E-state index in [2.05, 4.69) is 18.2 Å². The molecule has 5 nitrogen and oxygen atoms in total. The number of nitro groups is 1. The molecular weight excluding hydrogens is 232 g/mol. The van der Waals surface area contributed by atoms with Gasteiger partial charge in [0.15, 0.2) is 5.75 Å². The molecule has 1 rings (SSSR count). The van der Waals surface area contributed by atoms with E-state index in [1.54, 1.807) is 12.1 Å². The summed E-state index contributed by atoms with van der Waals surface area (Å²) in [6, 6.07) is 4.80. The zero-order valence-corrected chi connectivity index (χ0v) is 10.3. The van der Waals surface area contributed by atoms with Gasteiger partial charge in [0.1, 0.15) is 6.61 Å². The third-order valence-corrected chi connectivity index (χ3v) is 2.29. The van der Waals surface area contributed by atoms with Gasteiger partial charge in [-0.1, -0.05) is 18.9 Å². The number of nitrogens with one attached hydrogen (secondary N) is 1. The van der Waals surface area contributed by atoms with E-state index < -0.39 is 4.92 Å². The summed E-state index contributed by atoms with van der Waals surface area (Å²) in [7, 11) is 0. The molecule has 0 bridgehead atoms. The van der Waals surface area contributed by atoms with E-state index in [0.717, 1.165) is 18.5 Å². The lowest BCUT2D eigenvalue weighted by Gasteiger charge is -2.07. The second kappa shape index (κ2) is 7.30. The minimum atomic E-state index is -0.477. The van der Waals surface area contributed by atoms with Gasteiger partial charge in [0.25, 0.3) is 0 Å². The van der Waals surface area contributed by atoms with Gasteiger partial charge < -0.3 is 10.1 Å². The summed E-state index contributed by atoms with van der Waals surface area (Å²) >= 11 is 0. The van der Waals surface area contributed by atoms with Gasteiger partial charge in [-0.05, 0) is 24.6 Å². The maximum atomic E-state index is 10.8. The minimum absolute atomic E-state index is 0.0205. The predicted octanol–water partition coefficient (Wildman–Crippen LogP) is 2.11. The van der Waals surface area contributed by atoms with Crippen molar-refractivity contribution in [2.24, 2.45) is 0 Å². The maximum Gasteiger partial charge on any atom is 0.310 e. The number of nitro benzene ring substituents is 1. The minimum Gasteiger partial charge on any atom is -0.474 e. The first-order chi connectivity index (χ1) is 8.69. The highest BCUT2D eigenvalue weighted by Gasteiger charge is 2.15. The Bertz CT molecular complexity index is 452. The Balaban J connectivity index is 2.84. The van der Waals surface area contributed by atoms with Crippen molar-refractivity contribution in [1.82, 2.24) is 5.32 Å². The Labute approximate surface area is 106 Å². The Morgan fingerprint density at radius 3 is 2.94 bits per heavy atom. The lowest BCUT2D eigenvalue weighted by molar-refractivity contribution is -0.385. The second-order valence-electron chi connectivity index (χ2n) is 3.73. The molecule has 0 aliphatic carbocycles. The predicted molar refractivity (Wildman–Crippen MR) is 69.4 cm³/mol. The number of nitrogens with zero attached hydrogens (tertiary/aromatic N) is 1. The van der Waals surface area contributed by atoms with E-state index >= 15 is 0 Å². The first-order valence-electron chi connectivity index (χ1n) is 5.73. The first-order valence-corrected chi connectivity index (χ1v) is 5.73. The summed E-state index contributed by atoms with van der Waals surface area (Å²) < 4.78 is 5.19. The van der Waals surface area contributed by atoms with Crippen molar-refractivity contribution in [2.45, 2.75) is 19.9 Å². The van der Waals surface area contributed by atoms with Gasteiger partial charge in [0, 0.05) is 12.6 Å². The standard InChI is InChI=1S/C13H16N2O3/c1-3-7-14-10-11-5-6-12(15(16)17)13(9-11)18-8-4-2/h2,5-6,9,14H,3,7-8,10H2,1H3. The molecule has 0 spiro atoms. The van der Waals surface area contributed by atoms with Crippen LogP contribution in [0.4, 0.5) is 5.69 Å². The largest absolute Gasteiger partial charge is 0.474 e. The fourth-order valence-electron chi connectivity index (χ4n) is 1.46. The van der Waals surface area contributed by atoms with Crippen LogP contribution in [0.5, 0.6) is 5.75 Å². The van der Waals surface area contributed by atoms with Crippen molar-refractivity contribution in [3.05, 3.63) is 33.9 Å². The van der Waals surface area contributed by atoms with Gasteiger partial charge in [-0.25, -0.2) is 0 Å². The molecule has 5 heteroatoms. The van der Waals surface area contributed by atoms with Crippen LogP contribution >= 0.6 is 0 Å². The van der Waals surface area contributed by atoms with Gasteiger partial charge in [-0.15, -0.1) is 6.42 Å². The summed E-state index contributed by atoms with van der Waals surface area (Å²) in [5.41, 5.74) is 0.866. The summed E-state index contributed by atoms with van der Waals surface area (Å²) in [6.45, 7) is 3.65. The van der Waals surface area contributed by atoms with E-state index in [1.807, 2.05) is 0 Å². The van der Waals surface area contributed by atoms with E-state index in [4.69, 9.17) is 11.2 Å². The highest BCUT2D eigenvalue weighted by atomic mass is 16.6. The highest BCUT2D eigenvalue weighted by Crippen LogP contribution is 2.27. The van der Waals surface area contributed by atoms with Crippen molar-refractivity contribution in [2.75, 3.05) is 13.2 Å². The quantitative estimate of drug-likeness (QED) is 0.347. The molecule has 0 amide bonds. The molecule has 1 aromatic rings. The number of hydrogen-bond acceptors (Lipinski definition) is 4. The monoisotopic (exact) mass is 248 g/mol. The zero-order chi connectivity index (χ0) is 13.4. The van der Waals surface area contributed by atoms with Crippen LogP contribution < -0.4 is 10.1 Å². The SMILES string of the molecule is C#CCOc1cc(CNCCC)ccc1[N+](=O)[O-]. The summed E-state index contributed by atoms with van der Waals surface area (Å²) in [6.07, 6.45) is 6.12.